The zero-order valence-electron chi connectivity index (χ0n) is 16.8. The van der Waals surface area contributed by atoms with Crippen LogP contribution in [-0.4, -0.2) is 33.5 Å². The molecule has 1 heterocycles. The maximum atomic E-state index is 12.6. The van der Waals surface area contributed by atoms with Crippen molar-refractivity contribution in [1.82, 2.24) is 0 Å². The van der Waals surface area contributed by atoms with Crippen molar-refractivity contribution in [2.24, 2.45) is 0 Å². The van der Waals surface area contributed by atoms with Gasteiger partial charge in [0.25, 0.3) is 15.9 Å². The molecule has 1 amide bonds. The maximum absolute atomic E-state index is 12.6. The molecule has 0 atom stereocenters. The van der Waals surface area contributed by atoms with Gasteiger partial charge in [0.1, 0.15) is 9.96 Å². The van der Waals surface area contributed by atoms with E-state index in [1.54, 1.807) is 42.5 Å². The molecule has 0 aliphatic heterocycles. The van der Waals surface area contributed by atoms with E-state index in [0.717, 1.165) is 11.3 Å². The first-order valence-electron chi connectivity index (χ1n) is 9.35. The molecule has 0 bridgehead atoms. The number of sulfonamides is 1. The van der Waals surface area contributed by atoms with Crippen LogP contribution in [0.2, 0.25) is 0 Å². The first-order valence-corrected chi connectivity index (χ1v) is 12.4. The van der Waals surface area contributed by atoms with Gasteiger partial charge in [-0.15, -0.1) is 11.3 Å². The SMILES string of the molecule is CCOc1ccc(NC(=O)COC(=O)c2ccccc2NS(=O)(=O)c2ccc(Br)s2)cc1. The van der Waals surface area contributed by atoms with Crippen LogP contribution < -0.4 is 14.8 Å². The molecule has 3 rings (SSSR count). The maximum Gasteiger partial charge on any atom is 0.340 e. The largest absolute Gasteiger partial charge is 0.494 e. The van der Waals surface area contributed by atoms with E-state index in [1.165, 1.54) is 18.2 Å². The van der Waals surface area contributed by atoms with E-state index >= 15 is 0 Å². The second kappa shape index (κ2) is 10.6. The summed E-state index contributed by atoms with van der Waals surface area (Å²) in [5.41, 5.74) is 0.555. The van der Waals surface area contributed by atoms with Crippen molar-refractivity contribution in [3.05, 3.63) is 70.0 Å². The molecule has 0 saturated carbocycles. The Labute approximate surface area is 197 Å². The van der Waals surface area contributed by atoms with E-state index in [-0.39, 0.29) is 15.5 Å². The molecule has 0 aliphatic carbocycles. The normalized spacial score (nSPS) is 10.9. The van der Waals surface area contributed by atoms with E-state index in [9.17, 15) is 18.0 Å². The number of para-hydroxylation sites is 1. The third-order valence-corrected chi connectivity index (χ3v) is 7.47. The molecular weight excluding hydrogens is 520 g/mol. The van der Waals surface area contributed by atoms with Crippen molar-refractivity contribution in [3.63, 3.8) is 0 Å². The summed E-state index contributed by atoms with van der Waals surface area (Å²) in [7, 11) is -3.89. The quantitative estimate of drug-likeness (QED) is 0.388. The van der Waals surface area contributed by atoms with E-state index in [1.807, 2.05) is 6.92 Å². The van der Waals surface area contributed by atoms with Gasteiger partial charge < -0.3 is 14.8 Å². The minimum atomic E-state index is -3.89. The predicted molar refractivity (Wildman–Crippen MR) is 126 cm³/mol. The Balaban J connectivity index is 1.62. The summed E-state index contributed by atoms with van der Waals surface area (Å²) in [6.45, 7) is 1.86. The summed E-state index contributed by atoms with van der Waals surface area (Å²) in [5, 5.41) is 2.61. The van der Waals surface area contributed by atoms with Crippen LogP contribution >= 0.6 is 27.3 Å². The lowest BCUT2D eigenvalue weighted by Gasteiger charge is -2.12. The number of benzene rings is 2. The van der Waals surface area contributed by atoms with Crippen LogP contribution in [0.15, 0.2) is 68.7 Å². The Hall–Kier alpha value is -2.89. The average molecular weight is 539 g/mol. The van der Waals surface area contributed by atoms with E-state index in [0.29, 0.717) is 21.8 Å². The highest BCUT2D eigenvalue weighted by Crippen LogP contribution is 2.28. The first-order chi connectivity index (χ1) is 15.3. The lowest BCUT2D eigenvalue weighted by Crippen LogP contribution is -2.22. The number of carbonyl (C=O) groups excluding carboxylic acids is 2. The monoisotopic (exact) mass is 538 g/mol. The van der Waals surface area contributed by atoms with Crippen LogP contribution in [0.1, 0.15) is 17.3 Å². The van der Waals surface area contributed by atoms with E-state index < -0.39 is 28.5 Å². The standard InChI is InChI=1S/C21H19BrN2O6S2/c1-2-29-15-9-7-14(8-10-15)23-19(25)13-30-21(26)16-5-3-4-6-17(16)24-32(27,28)20-12-11-18(22)31-20/h3-12,24H,2,13H2,1H3,(H,23,25). The predicted octanol–water partition coefficient (Wildman–Crippen LogP) is 4.51. The summed E-state index contributed by atoms with van der Waals surface area (Å²) in [6.07, 6.45) is 0. The molecule has 1 aromatic heterocycles. The van der Waals surface area contributed by atoms with Gasteiger partial charge >= 0.3 is 5.97 Å². The fourth-order valence-electron chi connectivity index (χ4n) is 2.59. The molecule has 2 aromatic carbocycles. The number of halogens is 1. The number of hydrogen-bond acceptors (Lipinski definition) is 7. The van der Waals surface area contributed by atoms with Gasteiger partial charge in [-0.25, -0.2) is 13.2 Å². The number of ether oxygens (including phenoxy) is 2. The first kappa shape index (κ1) is 23.8. The van der Waals surface area contributed by atoms with Gasteiger partial charge in [-0.3, -0.25) is 9.52 Å². The molecule has 0 fully saturated rings. The van der Waals surface area contributed by atoms with E-state index in [4.69, 9.17) is 9.47 Å². The number of nitrogens with one attached hydrogen (secondary N) is 2. The molecule has 32 heavy (non-hydrogen) atoms. The van der Waals surface area contributed by atoms with E-state index in [2.05, 4.69) is 26.0 Å². The van der Waals surface area contributed by atoms with Crippen molar-refractivity contribution in [2.75, 3.05) is 23.3 Å². The Morgan fingerprint density at radius 2 is 1.75 bits per heavy atom. The van der Waals surface area contributed by atoms with Crippen molar-refractivity contribution in [3.8, 4) is 5.75 Å². The number of anilines is 2. The van der Waals surface area contributed by atoms with Crippen LogP contribution in [0.4, 0.5) is 11.4 Å². The molecule has 0 spiro atoms. The highest BCUT2D eigenvalue weighted by molar-refractivity contribution is 9.11. The number of amides is 1. The average Bonchev–Trinajstić information content (AvgIpc) is 3.21. The summed E-state index contributed by atoms with van der Waals surface area (Å²) >= 11 is 4.26. The Kier molecular flexibility index (Phi) is 7.89. The second-order valence-electron chi connectivity index (χ2n) is 6.29. The van der Waals surface area contributed by atoms with Crippen LogP contribution in [-0.2, 0) is 19.6 Å². The minimum absolute atomic E-state index is 0.0134. The minimum Gasteiger partial charge on any atom is -0.494 e. The van der Waals surface area contributed by atoms with Crippen LogP contribution in [0.3, 0.4) is 0 Å². The Morgan fingerprint density at radius 1 is 1.03 bits per heavy atom. The van der Waals surface area contributed by atoms with Crippen molar-refractivity contribution >= 4 is 60.5 Å². The van der Waals surface area contributed by atoms with Gasteiger partial charge in [0.15, 0.2) is 6.61 Å². The number of hydrogen-bond donors (Lipinski definition) is 2. The lowest BCUT2D eigenvalue weighted by molar-refractivity contribution is -0.119. The molecule has 3 aromatic rings. The number of thiophene rings is 1. The van der Waals surface area contributed by atoms with Gasteiger partial charge in [-0.1, -0.05) is 12.1 Å². The zero-order chi connectivity index (χ0) is 23.1. The van der Waals surface area contributed by atoms with Gasteiger partial charge in [0.2, 0.25) is 0 Å². The number of rotatable bonds is 9. The zero-order valence-corrected chi connectivity index (χ0v) is 20.1. The van der Waals surface area contributed by atoms with Crippen molar-refractivity contribution in [2.45, 2.75) is 11.1 Å². The smallest absolute Gasteiger partial charge is 0.340 e. The fourth-order valence-corrected chi connectivity index (χ4v) is 5.68. The highest BCUT2D eigenvalue weighted by atomic mass is 79.9. The van der Waals surface area contributed by atoms with Crippen LogP contribution in [0.25, 0.3) is 0 Å². The molecule has 168 valence electrons. The van der Waals surface area contributed by atoms with Gasteiger partial charge in [0, 0.05) is 5.69 Å². The second-order valence-corrected chi connectivity index (χ2v) is 10.7. The summed E-state index contributed by atoms with van der Waals surface area (Å²) < 4.78 is 38.7. The van der Waals surface area contributed by atoms with Gasteiger partial charge in [0.05, 0.1) is 21.6 Å². The van der Waals surface area contributed by atoms with Crippen molar-refractivity contribution < 1.29 is 27.5 Å². The fraction of sp³-hybridized carbons (Fsp3) is 0.143. The van der Waals surface area contributed by atoms with Gasteiger partial charge in [-0.2, -0.15) is 0 Å². The van der Waals surface area contributed by atoms with Crippen LogP contribution in [0, 0.1) is 0 Å². The molecule has 2 N–H and O–H groups in total. The third-order valence-electron chi connectivity index (χ3n) is 3.99. The topological polar surface area (TPSA) is 111 Å². The van der Waals surface area contributed by atoms with Gasteiger partial charge in [-0.05, 0) is 71.4 Å². The summed E-state index contributed by atoms with van der Waals surface area (Å²) in [4.78, 5) is 24.6. The molecular formula is C21H19BrN2O6S2. The molecule has 11 heteroatoms. The molecule has 0 aliphatic rings. The third kappa shape index (κ3) is 6.31. The Bertz CT molecular complexity index is 1210. The molecule has 0 radical (unpaired) electrons. The molecule has 8 nitrogen and oxygen atoms in total. The highest BCUT2D eigenvalue weighted by Gasteiger charge is 2.21. The summed E-state index contributed by atoms with van der Waals surface area (Å²) in [6, 6.07) is 15.8. The number of esters is 1. The number of carbonyl (C=O) groups is 2. The summed E-state index contributed by atoms with van der Waals surface area (Å²) in [5.74, 6) is -0.701. The lowest BCUT2D eigenvalue weighted by atomic mass is 10.2. The molecule has 0 unspecified atom stereocenters. The Morgan fingerprint density at radius 3 is 2.41 bits per heavy atom. The van der Waals surface area contributed by atoms with Crippen molar-refractivity contribution in [1.29, 1.82) is 0 Å². The van der Waals surface area contributed by atoms with Crippen LogP contribution in [0.5, 0.6) is 5.75 Å². The molecule has 0 saturated heterocycles.